The maximum absolute atomic E-state index is 13.5. The molecule has 0 saturated heterocycles. The smallest absolute Gasteiger partial charge is 0.212 e. The van der Waals surface area contributed by atoms with Crippen molar-refractivity contribution in [3.63, 3.8) is 0 Å². The molecule has 4 nitrogen and oxygen atoms in total. The van der Waals surface area contributed by atoms with E-state index in [1.54, 1.807) is 0 Å². The van der Waals surface area contributed by atoms with Gasteiger partial charge in [-0.25, -0.2) is 0 Å². The van der Waals surface area contributed by atoms with Crippen molar-refractivity contribution < 1.29 is 0 Å². The Bertz CT molecular complexity index is 1630. The van der Waals surface area contributed by atoms with E-state index in [-0.39, 0.29) is 42.2 Å². The van der Waals surface area contributed by atoms with E-state index in [9.17, 15) is 19.2 Å². The molecule has 0 N–H and O–H groups in total. The summed E-state index contributed by atoms with van der Waals surface area (Å²) in [5.41, 5.74) is 5.85. The van der Waals surface area contributed by atoms with E-state index in [2.05, 4.69) is 0 Å². The second-order valence-corrected chi connectivity index (χ2v) is 13.2. The second-order valence-electron chi connectivity index (χ2n) is 9.33. The number of benzene rings is 3. The van der Waals surface area contributed by atoms with Crippen LogP contribution in [-0.2, 0) is 0 Å². The van der Waals surface area contributed by atoms with Crippen molar-refractivity contribution in [1.82, 2.24) is 0 Å². The summed E-state index contributed by atoms with van der Waals surface area (Å²) in [4.78, 5) is 54.0. The lowest BCUT2D eigenvalue weighted by atomic mass is 10.1. The Hall–Kier alpha value is -3.06. The average molecular weight is 486 g/mol. The number of hydrogen-bond acceptors (Lipinski definition) is 4. The summed E-state index contributed by atoms with van der Waals surface area (Å²) in [7, 11) is -3.48. The fourth-order valence-electron chi connectivity index (χ4n) is 5.43. The number of aryl methyl sites for hydroxylation is 6. The van der Waals surface area contributed by atoms with Gasteiger partial charge in [-0.3, -0.25) is 19.2 Å². The lowest BCUT2D eigenvalue weighted by molar-refractivity contribution is 1.35. The molecule has 34 heavy (non-hydrogen) atoms. The third-order valence-corrected chi connectivity index (χ3v) is 11.5. The zero-order valence-corrected chi connectivity index (χ0v) is 21.8. The molecule has 0 amide bonds. The van der Waals surface area contributed by atoms with Gasteiger partial charge in [-0.2, -0.15) is 0 Å². The van der Waals surface area contributed by atoms with Crippen LogP contribution in [-0.4, -0.2) is 0 Å². The molecule has 0 radical (unpaired) electrons. The zero-order valence-electron chi connectivity index (χ0n) is 20.0. The second kappa shape index (κ2) is 7.73. The topological polar surface area (TPSA) is 68.3 Å². The van der Waals surface area contributed by atoms with Crippen molar-refractivity contribution in [2.24, 2.45) is 0 Å². The van der Waals surface area contributed by atoms with E-state index >= 15 is 0 Å². The average Bonchev–Trinajstić information content (AvgIpc) is 3.12. The van der Waals surface area contributed by atoms with E-state index in [1.165, 1.54) is 12.1 Å². The predicted octanol–water partition coefficient (Wildman–Crippen LogP) is 6.11. The van der Waals surface area contributed by atoms with E-state index in [1.807, 2.05) is 65.8 Å². The third kappa shape index (κ3) is 3.13. The van der Waals surface area contributed by atoms with Crippen LogP contribution in [0.5, 0.6) is 0 Å². The summed E-state index contributed by atoms with van der Waals surface area (Å²) in [6.45, 7) is 11.7. The molecule has 5 rings (SSSR count). The molecule has 0 spiro atoms. The molecule has 0 aliphatic rings. The molecule has 0 aliphatic carbocycles. The molecule has 2 heterocycles. The zero-order chi connectivity index (χ0) is 24.6. The van der Waals surface area contributed by atoms with Crippen molar-refractivity contribution in [2.45, 2.75) is 41.5 Å². The van der Waals surface area contributed by atoms with Gasteiger partial charge in [0.2, 0.25) is 20.6 Å². The molecule has 170 valence electrons. The maximum Gasteiger partial charge on any atom is 0.212 e. The summed E-state index contributed by atoms with van der Waals surface area (Å²) in [5, 5.41) is 1.79. The number of fused-ring (bicyclic) bond motifs is 2. The van der Waals surface area contributed by atoms with Crippen LogP contribution in [0.3, 0.4) is 0 Å². The molecular weight excluding hydrogens is 462 g/mol. The molecule has 2 aromatic heterocycles. The van der Waals surface area contributed by atoms with Crippen LogP contribution >= 0.6 is 15.1 Å². The van der Waals surface area contributed by atoms with Gasteiger partial charge in [0.05, 0.1) is 0 Å². The largest absolute Gasteiger partial charge is 0.284 e. The first kappa shape index (κ1) is 22.7. The first-order chi connectivity index (χ1) is 16.0. The molecule has 0 bridgehead atoms. The fraction of sp³-hybridized carbons (Fsp3) is 0.214. The number of hydrogen-bond donors (Lipinski definition) is 0. The lowest BCUT2D eigenvalue weighted by Crippen LogP contribution is -1.99. The van der Waals surface area contributed by atoms with Crippen LogP contribution in [0.2, 0.25) is 0 Å². The van der Waals surface area contributed by atoms with Crippen LogP contribution in [0.15, 0.2) is 55.6 Å². The van der Waals surface area contributed by atoms with Crippen molar-refractivity contribution in [3.8, 4) is 10.6 Å². The highest BCUT2D eigenvalue weighted by molar-refractivity contribution is 7.56. The Balaban J connectivity index is 1.88. The summed E-state index contributed by atoms with van der Waals surface area (Å²) in [6, 6.07) is 11.0. The van der Waals surface area contributed by atoms with Crippen molar-refractivity contribution in [1.29, 1.82) is 0 Å². The van der Waals surface area contributed by atoms with Crippen molar-refractivity contribution in [3.05, 3.63) is 110 Å². The Labute approximate surface area is 198 Å². The van der Waals surface area contributed by atoms with Crippen LogP contribution in [0.25, 0.3) is 32.2 Å². The van der Waals surface area contributed by atoms with Crippen LogP contribution in [0.1, 0.15) is 33.4 Å². The fourth-order valence-corrected chi connectivity index (χ4v) is 9.98. The third-order valence-electron chi connectivity index (χ3n) is 6.61. The first-order valence-electron chi connectivity index (χ1n) is 11.1. The Kier molecular flexibility index (Phi) is 5.17. The molecule has 0 aliphatic heterocycles. The van der Waals surface area contributed by atoms with Crippen molar-refractivity contribution >= 4 is 36.6 Å². The van der Waals surface area contributed by atoms with Gasteiger partial charge < -0.3 is 0 Å². The number of rotatable bonds is 2. The Morgan fingerprint density at radius 3 is 0.882 bits per heavy atom. The van der Waals surface area contributed by atoms with Gasteiger partial charge in [0.15, 0.2) is 0 Å². The van der Waals surface area contributed by atoms with Gasteiger partial charge in [0.1, 0.15) is 0 Å². The van der Waals surface area contributed by atoms with Crippen LogP contribution < -0.4 is 20.6 Å². The molecular formula is C28H24O4P2. The van der Waals surface area contributed by atoms with E-state index in [0.29, 0.717) is 0 Å². The Morgan fingerprint density at radius 1 is 0.412 bits per heavy atom. The van der Waals surface area contributed by atoms with Gasteiger partial charge in [-0.1, -0.05) is 35.4 Å². The van der Waals surface area contributed by atoms with Crippen LogP contribution in [0.4, 0.5) is 0 Å². The normalized spacial score (nSPS) is 11.7. The van der Waals surface area contributed by atoms with E-state index in [0.717, 1.165) is 44.0 Å². The highest BCUT2D eigenvalue weighted by Gasteiger charge is 2.24. The minimum atomic E-state index is -1.74. The summed E-state index contributed by atoms with van der Waals surface area (Å²) < 4.78 is 0. The minimum absolute atomic E-state index is 0.230. The van der Waals surface area contributed by atoms with Crippen molar-refractivity contribution in [2.75, 3.05) is 0 Å². The predicted molar refractivity (Wildman–Crippen MR) is 145 cm³/mol. The molecule has 6 heteroatoms. The molecule has 0 atom stereocenters. The minimum Gasteiger partial charge on any atom is -0.284 e. The summed E-state index contributed by atoms with van der Waals surface area (Å²) >= 11 is 0. The van der Waals surface area contributed by atoms with Crippen LogP contribution in [0, 0.1) is 41.5 Å². The van der Waals surface area contributed by atoms with Gasteiger partial charge in [0, 0.05) is 47.2 Å². The van der Waals surface area contributed by atoms with E-state index < -0.39 is 15.1 Å². The first-order valence-corrected chi connectivity index (χ1v) is 13.8. The standard InChI is InChI=1S/C28H24O4P2/c1-13-7-15(3)23(16(4)8-13)33-25(29)19-11-21-22(12-20(19)26(33)30)28(32)34(27(21)31)24-17(5)9-14(2)10-18(24)6/h7-12H,1-6H3. The Morgan fingerprint density at radius 2 is 0.647 bits per heavy atom. The maximum atomic E-state index is 13.5. The van der Waals surface area contributed by atoms with Gasteiger partial charge in [-0.05, 0) is 75.9 Å². The molecule has 3 aromatic carbocycles. The molecule has 0 saturated carbocycles. The summed E-state index contributed by atoms with van der Waals surface area (Å²) in [5.74, 6) is 0. The van der Waals surface area contributed by atoms with E-state index in [4.69, 9.17) is 0 Å². The van der Waals surface area contributed by atoms with Gasteiger partial charge in [-0.15, -0.1) is 0 Å². The molecule has 0 unspecified atom stereocenters. The SMILES string of the molecule is Cc1cc(C)c(-p2c(=O)c3cc4c(=O)p(-c5c(C)cc(C)cc5C)c(=O)c4cc3c2=O)c(C)c1. The van der Waals surface area contributed by atoms with Gasteiger partial charge in [0.25, 0.3) is 0 Å². The highest BCUT2D eigenvalue weighted by Crippen LogP contribution is 2.41. The lowest BCUT2D eigenvalue weighted by Gasteiger charge is -2.09. The highest BCUT2D eigenvalue weighted by atomic mass is 31.1. The summed E-state index contributed by atoms with van der Waals surface area (Å²) in [6.07, 6.45) is 0. The quantitative estimate of drug-likeness (QED) is 0.302. The molecule has 0 fully saturated rings. The molecule has 5 aromatic rings. The van der Waals surface area contributed by atoms with Gasteiger partial charge >= 0.3 is 0 Å². The monoisotopic (exact) mass is 486 g/mol.